The molecule has 4 heteroatoms. The molecular weight excluding hydrogens is 294 g/mol. The molecule has 0 bridgehead atoms. The number of benzene rings is 2. The smallest absolute Gasteiger partial charge is 0.267 e. The van der Waals surface area contributed by atoms with E-state index >= 15 is 0 Å². The molecule has 0 saturated heterocycles. The monoisotopic (exact) mass is 313 g/mol. The predicted molar refractivity (Wildman–Crippen MR) is 90.8 cm³/mol. The van der Waals surface area contributed by atoms with E-state index in [1.807, 2.05) is 60.5 Å². The number of thioether (sulfide) groups is 1. The summed E-state index contributed by atoms with van der Waals surface area (Å²) in [5, 5.41) is 0. The van der Waals surface area contributed by atoms with Crippen molar-refractivity contribution in [1.29, 1.82) is 0 Å². The maximum absolute atomic E-state index is 12.6. The second kappa shape index (κ2) is 6.44. The van der Waals surface area contributed by atoms with Gasteiger partial charge in [0.2, 0.25) is 0 Å². The molecule has 0 fully saturated rings. The van der Waals surface area contributed by atoms with Gasteiger partial charge in [0.25, 0.3) is 5.91 Å². The summed E-state index contributed by atoms with van der Waals surface area (Å²) < 4.78 is 5.80. The summed E-state index contributed by atoms with van der Waals surface area (Å²) in [5.41, 5.74) is 2.24. The van der Waals surface area contributed by atoms with Crippen molar-refractivity contribution < 1.29 is 9.53 Å². The maximum atomic E-state index is 12.6. The van der Waals surface area contributed by atoms with Crippen molar-refractivity contribution in [1.82, 2.24) is 0 Å². The molecule has 0 aromatic heterocycles. The number of amides is 1. The lowest BCUT2D eigenvalue weighted by atomic mass is 10.2. The molecule has 0 saturated carbocycles. The molecule has 1 aliphatic heterocycles. The minimum atomic E-state index is -0.494. The number of rotatable bonds is 4. The Balaban J connectivity index is 1.70. The highest BCUT2D eigenvalue weighted by molar-refractivity contribution is 7.98. The molecule has 1 aliphatic rings. The Labute approximate surface area is 135 Å². The van der Waals surface area contributed by atoms with Crippen molar-refractivity contribution in [2.75, 3.05) is 17.7 Å². The first-order valence-corrected chi connectivity index (χ1v) is 8.61. The third-order valence-electron chi connectivity index (χ3n) is 3.87. The van der Waals surface area contributed by atoms with Gasteiger partial charge < -0.3 is 9.64 Å². The van der Waals surface area contributed by atoms with Crippen molar-refractivity contribution in [3.63, 3.8) is 0 Å². The summed E-state index contributed by atoms with van der Waals surface area (Å²) in [6, 6.07) is 15.9. The highest BCUT2D eigenvalue weighted by Crippen LogP contribution is 2.28. The molecule has 0 spiro atoms. The number of carbonyl (C=O) groups is 1. The molecule has 3 rings (SSSR count). The van der Waals surface area contributed by atoms with Crippen LogP contribution in [0.1, 0.15) is 12.5 Å². The quantitative estimate of drug-likeness (QED) is 0.805. The Kier molecular flexibility index (Phi) is 4.39. The molecule has 3 nitrogen and oxygen atoms in total. The van der Waals surface area contributed by atoms with Crippen molar-refractivity contribution in [3.8, 4) is 5.75 Å². The Morgan fingerprint density at radius 1 is 1.18 bits per heavy atom. The first kappa shape index (κ1) is 15.0. The second-order valence-electron chi connectivity index (χ2n) is 5.30. The zero-order chi connectivity index (χ0) is 15.5. The highest BCUT2D eigenvalue weighted by Gasteiger charge is 2.28. The summed E-state index contributed by atoms with van der Waals surface area (Å²) in [6.07, 6.45) is 2.45. The zero-order valence-electron chi connectivity index (χ0n) is 12.8. The minimum Gasteiger partial charge on any atom is -0.481 e. The van der Waals surface area contributed by atoms with E-state index in [1.165, 1.54) is 10.5 Å². The van der Waals surface area contributed by atoms with Crippen LogP contribution in [0, 0.1) is 0 Å². The van der Waals surface area contributed by atoms with Gasteiger partial charge in [-0.15, -0.1) is 11.8 Å². The summed E-state index contributed by atoms with van der Waals surface area (Å²) in [5.74, 6) is 0.741. The fourth-order valence-electron chi connectivity index (χ4n) is 2.70. The van der Waals surface area contributed by atoms with Crippen LogP contribution in [0.15, 0.2) is 53.4 Å². The van der Waals surface area contributed by atoms with E-state index in [2.05, 4.69) is 6.07 Å². The lowest BCUT2D eigenvalue weighted by Gasteiger charge is -2.22. The number of hydrogen-bond donors (Lipinski definition) is 0. The van der Waals surface area contributed by atoms with Crippen LogP contribution in [-0.2, 0) is 11.2 Å². The topological polar surface area (TPSA) is 29.5 Å². The summed E-state index contributed by atoms with van der Waals surface area (Å²) in [7, 11) is 0. The summed E-state index contributed by atoms with van der Waals surface area (Å²) >= 11 is 1.68. The van der Waals surface area contributed by atoms with E-state index in [-0.39, 0.29) is 5.91 Å². The van der Waals surface area contributed by atoms with Crippen LogP contribution < -0.4 is 9.64 Å². The average molecular weight is 313 g/mol. The third kappa shape index (κ3) is 2.97. The summed E-state index contributed by atoms with van der Waals surface area (Å²) in [4.78, 5) is 15.6. The molecule has 1 amide bonds. The molecule has 114 valence electrons. The number of fused-ring (bicyclic) bond motifs is 1. The van der Waals surface area contributed by atoms with E-state index in [4.69, 9.17) is 4.74 Å². The fourth-order valence-corrected chi connectivity index (χ4v) is 3.10. The predicted octanol–water partition coefficient (Wildman–Crippen LogP) is 3.77. The van der Waals surface area contributed by atoms with Gasteiger partial charge in [0.05, 0.1) is 0 Å². The molecule has 0 radical (unpaired) electrons. The number of ether oxygens (including phenoxy) is 1. The van der Waals surface area contributed by atoms with Crippen molar-refractivity contribution in [2.45, 2.75) is 24.3 Å². The normalized spacial score (nSPS) is 14.5. The van der Waals surface area contributed by atoms with E-state index in [0.29, 0.717) is 0 Å². The van der Waals surface area contributed by atoms with Crippen LogP contribution in [0.4, 0.5) is 5.69 Å². The number of nitrogens with zero attached hydrogens (tertiary/aromatic N) is 1. The number of anilines is 1. The molecule has 1 heterocycles. The molecule has 0 N–H and O–H groups in total. The van der Waals surface area contributed by atoms with E-state index in [9.17, 15) is 4.79 Å². The van der Waals surface area contributed by atoms with Gasteiger partial charge in [-0.2, -0.15) is 0 Å². The Bertz CT molecular complexity index is 669. The average Bonchev–Trinajstić information content (AvgIpc) is 2.99. The van der Waals surface area contributed by atoms with Crippen LogP contribution in [0.5, 0.6) is 5.75 Å². The van der Waals surface area contributed by atoms with Gasteiger partial charge in [0, 0.05) is 17.1 Å². The Hall–Kier alpha value is -1.94. The van der Waals surface area contributed by atoms with Crippen molar-refractivity contribution in [3.05, 3.63) is 54.1 Å². The van der Waals surface area contributed by atoms with Gasteiger partial charge in [-0.1, -0.05) is 18.2 Å². The lowest BCUT2D eigenvalue weighted by molar-refractivity contribution is -0.124. The van der Waals surface area contributed by atoms with E-state index < -0.39 is 6.10 Å². The van der Waals surface area contributed by atoms with Crippen LogP contribution in [0.2, 0.25) is 0 Å². The Morgan fingerprint density at radius 3 is 2.64 bits per heavy atom. The summed E-state index contributed by atoms with van der Waals surface area (Å²) in [6.45, 7) is 2.54. The molecule has 2 aromatic rings. The van der Waals surface area contributed by atoms with Gasteiger partial charge in [0.1, 0.15) is 5.75 Å². The molecule has 1 unspecified atom stereocenters. The highest BCUT2D eigenvalue weighted by atomic mass is 32.2. The molecule has 22 heavy (non-hydrogen) atoms. The minimum absolute atomic E-state index is 0.0129. The lowest BCUT2D eigenvalue weighted by Crippen LogP contribution is -2.39. The maximum Gasteiger partial charge on any atom is 0.267 e. The first-order valence-electron chi connectivity index (χ1n) is 7.39. The van der Waals surface area contributed by atoms with E-state index in [0.717, 1.165) is 24.4 Å². The van der Waals surface area contributed by atoms with Crippen molar-refractivity contribution >= 4 is 23.4 Å². The van der Waals surface area contributed by atoms with Crippen molar-refractivity contribution in [2.24, 2.45) is 0 Å². The molecular formula is C18H19NO2S. The van der Waals surface area contributed by atoms with Gasteiger partial charge >= 0.3 is 0 Å². The van der Waals surface area contributed by atoms with Gasteiger partial charge in [-0.05, 0) is 55.5 Å². The first-order chi connectivity index (χ1) is 10.7. The van der Waals surface area contributed by atoms with Crippen LogP contribution in [0.25, 0.3) is 0 Å². The molecule has 0 aliphatic carbocycles. The third-order valence-corrected chi connectivity index (χ3v) is 4.62. The van der Waals surface area contributed by atoms with Crippen LogP contribution in [-0.4, -0.2) is 24.8 Å². The molecule has 2 aromatic carbocycles. The zero-order valence-corrected chi connectivity index (χ0v) is 13.6. The number of para-hydroxylation sites is 1. The van der Waals surface area contributed by atoms with E-state index in [1.54, 1.807) is 11.8 Å². The van der Waals surface area contributed by atoms with Gasteiger partial charge in [-0.25, -0.2) is 0 Å². The van der Waals surface area contributed by atoms with Gasteiger partial charge in [-0.3, -0.25) is 4.79 Å². The SMILES string of the molecule is CSc1ccc(OC(C)C(=O)N2CCc3ccccc32)cc1. The van der Waals surface area contributed by atoms with Crippen LogP contribution in [0.3, 0.4) is 0 Å². The fraction of sp³-hybridized carbons (Fsp3) is 0.278. The number of hydrogen-bond acceptors (Lipinski definition) is 3. The largest absolute Gasteiger partial charge is 0.481 e. The number of carbonyl (C=O) groups excluding carboxylic acids is 1. The molecule has 1 atom stereocenters. The van der Waals surface area contributed by atoms with Gasteiger partial charge in [0.15, 0.2) is 6.10 Å². The Morgan fingerprint density at radius 2 is 1.91 bits per heavy atom. The second-order valence-corrected chi connectivity index (χ2v) is 6.18. The van der Waals surface area contributed by atoms with Crippen LogP contribution >= 0.6 is 11.8 Å². The standard InChI is InChI=1S/C18H19NO2S/c1-13(21-15-7-9-16(22-2)10-8-15)18(20)19-12-11-14-5-3-4-6-17(14)19/h3-10,13H,11-12H2,1-2H3.